The summed E-state index contributed by atoms with van der Waals surface area (Å²) in [6.45, 7) is 3.86. The molecule has 2 amide bonds. The van der Waals surface area contributed by atoms with Gasteiger partial charge in [0.15, 0.2) is 5.76 Å². The minimum absolute atomic E-state index is 0.163. The average Bonchev–Trinajstić information content (AvgIpc) is 3.31. The van der Waals surface area contributed by atoms with Gasteiger partial charge in [0.05, 0.1) is 23.7 Å². The maximum Gasteiger partial charge on any atom is 0.338 e. The van der Waals surface area contributed by atoms with Gasteiger partial charge in [0.25, 0.3) is 5.91 Å². The molecule has 1 atom stereocenters. The van der Waals surface area contributed by atoms with E-state index in [1.54, 1.807) is 62.4 Å². The molecule has 0 fully saturated rings. The molecular formula is C23H22N2O5S. The van der Waals surface area contributed by atoms with E-state index in [0.29, 0.717) is 23.5 Å². The quantitative estimate of drug-likeness (QED) is 0.386. The lowest BCUT2D eigenvalue weighted by molar-refractivity contribution is -0.115. The number of carbonyl (C=O) groups excluding carboxylic acids is 3. The molecular weight excluding hydrogens is 416 g/mol. The Labute approximate surface area is 184 Å². The van der Waals surface area contributed by atoms with E-state index < -0.39 is 5.97 Å². The number of rotatable bonds is 8. The summed E-state index contributed by atoms with van der Waals surface area (Å²) in [5.74, 6) is -0.650. The number of thioether (sulfide) groups is 1. The zero-order valence-electron chi connectivity index (χ0n) is 17.1. The summed E-state index contributed by atoms with van der Waals surface area (Å²) in [5, 5.41) is 5.23. The van der Waals surface area contributed by atoms with E-state index in [1.807, 2.05) is 12.1 Å². The van der Waals surface area contributed by atoms with E-state index in [2.05, 4.69) is 10.6 Å². The van der Waals surface area contributed by atoms with Crippen LogP contribution in [0.1, 0.15) is 34.8 Å². The van der Waals surface area contributed by atoms with Crippen LogP contribution in [0.4, 0.5) is 11.4 Å². The van der Waals surface area contributed by atoms with Gasteiger partial charge in [0.1, 0.15) is 0 Å². The monoisotopic (exact) mass is 438 g/mol. The number of amides is 2. The van der Waals surface area contributed by atoms with Gasteiger partial charge >= 0.3 is 5.97 Å². The van der Waals surface area contributed by atoms with E-state index in [-0.39, 0.29) is 22.8 Å². The maximum absolute atomic E-state index is 12.5. The Hall–Kier alpha value is -3.52. The maximum atomic E-state index is 12.5. The summed E-state index contributed by atoms with van der Waals surface area (Å²) in [7, 11) is 0. The Morgan fingerprint density at radius 2 is 1.61 bits per heavy atom. The third kappa shape index (κ3) is 6.23. The SMILES string of the molecule is CCOC(=O)c1ccc(NC(=O)C(C)Sc2ccc(NC(=O)c3ccco3)cc2)cc1. The highest BCUT2D eigenvalue weighted by atomic mass is 32.2. The van der Waals surface area contributed by atoms with Crippen LogP contribution in [0.15, 0.2) is 76.2 Å². The molecule has 2 N–H and O–H groups in total. The molecule has 1 heterocycles. The smallest absolute Gasteiger partial charge is 0.338 e. The minimum Gasteiger partial charge on any atom is -0.462 e. The molecule has 7 nitrogen and oxygen atoms in total. The van der Waals surface area contributed by atoms with Gasteiger partial charge in [-0.25, -0.2) is 4.79 Å². The van der Waals surface area contributed by atoms with Crippen LogP contribution in [0.2, 0.25) is 0 Å². The van der Waals surface area contributed by atoms with Crippen LogP contribution in [-0.2, 0) is 9.53 Å². The predicted molar refractivity (Wildman–Crippen MR) is 119 cm³/mol. The van der Waals surface area contributed by atoms with Crippen molar-refractivity contribution in [3.8, 4) is 0 Å². The van der Waals surface area contributed by atoms with Crippen LogP contribution in [-0.4, -0.2) is 29.6 Å². The van der Waals surface area contributed by atoms with Crippen molar-refractivity contribution < 1.29 is 23.5 Å². The summed E-state index contributed by atoms with van der Waals surface area (Å²) in [5.41, 5.74) is 1.66. The normalized spacial score (nSPS) is 11.4. The highest BCUT2D eigenvalue weighted by molar-refractivity contribution is 8.00. The van der Waals surface area contributed by atoms with Gasteiger partial charge in [-0.3, -0.25) is 9.59 Å². The van der Waals surface area contributed by atoms with Crippen molar-refractivity contribution in [2.24, 2.45) is 0 Å². The second-order valence-corrected chi connectivity index (χ2v) is 7.92. The molecule has 0 saturated heterocycles. The summed E-state index contributed by atoms with van der Waals surface area (Å²) in [6, 6.07) is 17.0. The molecule has 8 heteroatoms. The largest absolute Gasteiger partial charge is 0.462 e. The van der Waals surface area contributed by atoms with Crippen molar-refractivity contribution in [3.05, 3.63) is 78.3 Å². The summed E-state index contributed by atoms with van der Waals surface area (Å²) >= 11 is 1.39. The molecule has 3 aromatic rings. The van der Waals surface area contributed by atoms with Gasteiger partial charge in [-0.05, 0) is 74.5 Å². The first-order chi connectivity index (χ1) is 15.0. The summed E-state index contributed by atoms with van der Waals surface area (Å²) in [4.78, 5) is 37.1. The Bertz CT molecular complexity index is 1030. The van der Waals surface area contributed by atoms with Crippen LogP contribution >= 0.6 is 11.8 Å². The molecule has 0 radical (unpaired) electrons. The van der Waals surface area contributed by atoms with Gasteiger partial charge in [0, 0.05) is 16.3 Å². The van der Waals surface area contributed by atoms with E-state index in [1.165, 1.54) is 18.0 Å². The number of anilines is 2. The molecule has 0 saturated carbocycles. The van der Waals surface area contributed by atoms with Crippen LogP contribution in [0.25, 0.3) is 0 Å². The molecule has 0 aliphatic heterocycles. The zero-order chi connectivity index (χ0) is 22.2. The summed E-state index contributed by atoms with van der Waals surface area (Å²) in [6.07, 6.45) is 1.44. The standard InChI is InChI=1S/C23H22N2O5S/c1-3-29-23(28)16-6-8-17(9-7-16)24-21(26)15(2)31-19-12-10-18(11-13-19)25-22(27)20-5-4-14-30-20/h4-15H,3H2,1-2H3,(H,24,26)(H,25,27). The van der Waals surface area contributed by atoms with Crippen LogP contribution in [0.3, 0.4) is 0 Å². The Balaban J connectivity index is 1.52. The van der Waals surface area contributed by atoms with Crippen LogP contribution in [0, 0.1) is 0 Å². The fraction of sp³-hybridized carbons (Fsp3) is 0.174. The number of esters is 1. The number of carbonyl (C=O) groups is 3. The number of nitrogens with one attached hydrogen (secondary N) is 2. The number of hydrogen-bond acceptors (Lipinski definition) is 6. The van der Waals surface area contributed by atoms with E-state index in [9.17, 15) is 14.4 Å². The number of furan rings is 1. The molecule has 0 aliphatic rings. The van der Waals surface area contributed by atoms with E-state index in [4.69, 9.17) is 9.15 Å². The minimum atomic E-state index is -0.395. The number of hydrogen-bond donors (Lipinski definition) is 2. The van der Waals surface area contributed by atoms with Gasteiger partial charge in [-0.15, -0.1) is 11.8 Å². The van der Waals surface area contributed by atoms with Crippen molar-refractivity contribution in [2.45, 2.75) is 24.0 Å². The molecule has 2 aromatic carbocycles. The number of benzene rings is 2. The van der Waals surface area contributed by atoms with Gasteiger partial charge < -0.3 is 19.8 Å². The van der Waals surface area contributed by atoms with Gasteiger partial charge in [-0.1, -0.05) is 0 Å². The van der Waals surface area contributed by atoms with Crippen molar-refractivity contribution in [3.63, 3.8) is 0 Å². The third-order valence-corrected chi connectivity index (χ3v) is 5.31. The van der Waals surface area contributed by atoms with E-state index in [0.717, 1.165) is 4.90 Å². The van der Waals surface area contributed by atoms with Crippen molar-refractivity contribution in [2.75, 3.05) is 17.2 Å². The molecule has 0 spiro atoms. The molecule has 31 heavy (non-hydrogen) atoms. The fourth-order valence-corrected chi connectivity index (χ4v) is 3.49. The third-order valence-electron chi connectivity index (χ3n) is 4.20. The number of ether oxygens (including phenoxy) is 1. The Morgan fingerprint density at radius 1 is 0.968 bits per heavy atom. The summed E-state index contributed by atoms with van der Waals surface area (Å²) < 4.78 is 10.0. The topological polar surface area (TPSA) is 97.6 Å². The highest BCUT2D eigenvalue weighted by Gasteiger charge is 2.15. The van der Waals surface area contributed by atoms with Crippen molar-refractivity contribution >= 4 is 40.9 Å². The lowest BCUT2D eigenvalue weighted by Gasteiger charge is -2.13. The fourth-order valence-electron chi connectivity index (χ4n) is 2.62. The zero-order valence-corrected chi connectivity index (χ0v) is 17.9. The second kappa shape index (κ2) is 10.5. The van der Waals surface area contributed by atoms with Crippen molar-refractivity contribution in [1.29, 1.82) is 0 Å². The molecule has 0 bridgehead atoms. The first kappa shape index (κ1) is 22.2. The van der Waals surface area contributed by atoms with Crippen molar-refractivity contribution in [1.82, 2.24) is 0 Å². The Kier molecular flexibility index (Phi) is 7.50. The molecule has 1 aromatic heterocycles. The first-order valence-corrected chi connectivity index (χ1v) is 10.5. The predicted octanol–water partition coefficient (Wildman–Crippen LogP) is 4.83. The molecule has 0 aliphatic carbocycles. The van der Waals surface area contributed by atoms with Gasteiger partial charge in [0.2, 0.25) is 5.91 Å². The second-order valence-electron chi connectivity index (χ2n) is 6.50. The highest BCUT2D eigenvalue weighted by Crippen LogP contribution is 2.26. The first-order valence-electron chi connectivity index (χ1n) is 9.66. The van der Waals surface area contributed by atoms with Crippen LogP contribution in [0.5, 0.6) is 0 Å². The lowest BCUT2D eigenvalue weighted by Crippen LogP contribution is -2.22. The van der Waals surface area contributed by atoms with E-state index >= 15 is 0 Å². The Morgan fingerprint density at radius 3 is 2.23 bits per heavy atom. The van der Waals surface area contributed by atoms with Gasteiger partial charge in [-0.2, -0.15) is 0 Å². The lowest BCUT2D eigenvalue weighted by atomic mass is 10.2. The average molecular weight is 439 g/mol. The molecule has 3 rings (SSSR count). The molecule has 160 valence electrons. The molecule has 1 unspecified atom stereocenters. The van der Waals surface area contributed by atoms with Crippen LogP contribution < -0.4 is 10.6 Å².